The molecular weight excluding hydrogens is 353 g/mol. The molecule has 2 aromatic rings. The van der Waals surface area contributed by atoms with Crippen molar-refractivity contribution in [3.8, 4) is 0 Å². The molecule has 2 aromatic heterocycles. The minimum absolute atomic E-state index is 0.00299. The van der Waals surface area contributed by atoms with E-state index in [1.165, 1.54) is 13.8 Å². The van der Waals surface area contributed by atoms with E-state index < -0.39 is 5.67 Å². The Morgan fingerprint density at radius 2 is 2.00 bits per heavy atom. The van der Waals surface area contributed by atoms with Crippen LogP contribution in [-0.2, 0) is 5.67 Å². The maximum atomic E-state index is 14.1. The summed E-state index contributed by atoms with van der Waals surface area (Å²) >= 11 is 1.56. The zero-order valence-corrected chi connectivity index (χ0v) is 16.6. The molecule has 0 aliphatic heterocycles. The molecule has 0 aliphatic carbocycles. The molecule has 0 bridgehead atoms. The highest BCUT2D eigenvalue weighted by molar-refractivity contribution is 7.13. The van der Waals surface area contributed by atoms with Crippen molar-refractivity contribution in [3.63, 3.8) is 0 Å². The second kappa shape index (κ2) is 7.86. The minimum Gasteiger partial charge on any atom is -0.368 e. The van der Waals surface area contributed by atoms with Gasteiger partial charge in [-0.1, -0.05) is 6.08 Å². The Kier molecular flexibility index (Phi) is 6.01. The molecule has 0 aromatic carbocycles. The van der Waals surface area contributed by atoms with Crippen LogP contribution in [0.3, 0.4) is 0 Å². The standard InChI is InChI=1S/C17H24FN7S/c1-7-11(8-20-6)13-21-9(2)12(26-13)10(3)22-16-24-14(17(4,5)18)23-15(19)25-16/h7-8,10H,1-6H3,(H3,19,22,23,24,25)/b11-7+,20-8?. The number of anilines is 2. The Bertz CT molecular complexity index is 836. The van der Waals surface area contributed by atoms with Gasteiger partial charge in [0.1, 0.15) is 5.01 Å². The molecule has 0 saturated carbocycles. The van der Waals surface area contributed by atoms with Crippen molar-refractivity contribution < 1.29 is 4.39 Å². The van der Waals surface area contributed by atoms with E-state index in [1.807, 2.05) is 26.8 Å². The van der Waals surface area contributed by atoms with Gasteiger partial charge in [0.2, 0.25) is 11.9 Å². The third kappa shape index (κ3) is 4.60. The van der Waals surface area contributed by atoms with Gasteiger partial charge in [-0.05, 0) is 34.6 Å². The third-order valence-corrected chi connectivity index (χ3v) is 4.97. The fourth-order valence-electron chi connectivity index (χ4n) is 2.31. The number of nitrogen functional groups attached to an aromatic ring is 1. The number of hydrogen-bond donors (Lipinski definition) is 2. The normalized spacial score (nSPS) is 14.0. The number of thiazole rings is 1. The maximum Gasteiger partial charge on any atom is 0.228 e. The van der Waals surface area contributed by atoms with Crippen molar-refractivity contribution in [2.24, 2.45) is 4.99 Å². The molecule has 0 aliphatic rings. The first-order chi connectivity index (χ1) is 12.2. The number of aliphatic imine (C=N–C) groups is 1. The van der Waals surface area contributed by atoms with Crippen LogP contribution in [0.2, 0.25) is 0 Å². The number of nitrogens with one attached hydrogen (secondary N) is 1. The molecule has 2 rings (SSSR count). The van der Waals surface area contributed by atoms with E-state index in [-0.39, 0.29) is 23.8 Å². The second-order valence-corrected chi connectivity index (χ2v) is 7.31. The summed E-state index contributed by atoms with van der Waals surface area (Å²) in [6.07, 6.45) is 3.75. The van der Waals surface area contributed by atoms with E-state index in [0.29, 0.717) is 0 Å². The topological polar surface area (TPSA) is 102 Å². The fourth-order valence-corrected chi connectivity index (χ4v) is 3.42. The highest BCUT2D eigenvalue weighted by Crippen LogP contribution is 2.30. The van der Waals surface area contributed by atoms with Crippen LogP contribution in [0.5, 0.6) is 0 Å². The lowest BCUT2D eigenvalue weighted by Gasteiger charge is -2.16. The first-order valence-electron chi connectivity index (χ1n) is 8.19. The minimum atomic E-state index is -1.70. The Labute approximate surface area is 156 Å². The summed E-state index contributed by atoms with van der Waals surface area (Å²) in [7, 11) is 1.73. The number of alkyl halides is 1. The predicted octanol–water partition coefficient (Wildman–Crippen LogP) is 3.70. The van der Waals surface area contributed by atoms with Crippen LogP contribution in [0.4, 0.5) is 16.3 Å². The molecular formula is C17H24FN7S. The number of halogens is 1. The van der Waals surface area contributed by atoms with Gasteiger partial charge >= 0.3 is 0 Å². The first-order valence-corrected chi connectivity index (χ1v) is 9.01. The quantitative estimate of drug-likeness (QED) is 0.744. The zero-order valence-electron chi connectivity index (χ0n) is 15.8. The number of nitrogens with two attached hydrogens (primary N) is 1. The van der Waals surface area contributed by atoms with Gasteiger partial charge in [-0.2, -0.15) is 15.0 Å². The molecule has 1 unspecified atom stereocenters. The molecule has 9 heteroatoms. The van der Waals surface area contributed by atoms with Crippen LogP contribution in [0.15, 0.2) is 11.1 Å². The summed E-state index contributed by atoms with van der Waals surface area (Å²) in [5.41, 5.74) is 5.86. The number of rotatable bonds is 6. The van der Waals surface area contributed by atoms with Gasteiger partial charge in [0, 0.05) is 18.8 Å². The third-order valence-electron chi connectivity index (χ3n) is 3.58. The molecule has 0 fully saturated rings. The average molecular weight is 377 g/mol. The van der Waals surface area contributed by atoms with E-state index in [1.54, 1.807) is 24.6 Å². The van der Waals surface area contributed by atoms with Crippen molar-refractivity contribution >= 4 is 35.0 Å². The number of nitrogens with zero attached hydrogens (tertiary/aromatic N) is 5. The Morgan fingerprint density at radius 3 is 2.58 bits per heavy atom. The van der Waals surface area contributed by atoms with Crippen LogP contribution in [0.25, 0.3) is 5.57 Å². The van der Waals surface area contributed by atoms with E-state index in [4.69, 9.17) is 5.73 Å². The lowest BCUT2D eigenvalue weighted by Crippen LogP contribution is -2.19. The van der Waals surface area contributed by atoms with Gasteiger partial charge in [-0.3, -0.25) is 4.99 Å². The van der Waals surface area contributed by atoms with Crippen molar-refractivity contribution in [2.45, 2.75) is 46.3 Å². The molecule has 1 atom stereocenters. The highest BCUT2D eigenvalue weighted by atomic mass is 32.1. The molecule has 0 spiro atoms. The molecule has 0 amide bonds. The van der Waals surface area contributed by atoms with Gasteiger partial charge in [0.25, 0.3) is 0 Å². The summed E-state index contributed by atoms with van der Waals surface area (Å²) < 4.78 is 14.1. The average Bonchev–Trinajstić information content (AvgIpc) is 2.93. The summed E-state index contributed by atoms with van der Waals surface area (Å²) in [5.74, 6) is 0.214. The van der Waals surface area contributed by atoms with Crippen LogP contribution < -0.4 is 11.1 Å². The van der Waals surface area contributed by atoms with Gasteiger partial charge < -0.3 is 11.1 Å². The number of allylic oxidation sites excluding steroid dienone is 2. The van der Waals surface area contributed by atoms with E-state index >= 15 is 0 Å². The van der Waals surface area contributed by atoms with Crippen LogP contribution >= 0.6 is 11.3 Å². The Balaban J connectivity index is 2.30. The van der Waals surface area contributed by atoms with E-state index in [2.05, 4.69) is 30.2 Å². The van der Waals surface area contributed by atoms with Crippen LogP contribution in [-0.4, -0.2) is 33.2 Å². The molecule has 140 valence electrons. The number of aryl methyl sites for hydroxylation is 1. The second-order valence-electron chi connectivity index (χ2n) is 6.28. The Hall–Kier alpha value is -2.42. The molecule has 2 heterocycles. The molecule has 3 N–H and O–H groups in total. The maximum absolute atomic E-state index is 14.1. The van der Waals surface area contributed by atoms with Gasteiger partial charge in [-0.15, -0.1) is 11.3 Å². The van der Waals surface area contributed by atoms with Crippen molar-refractivity contribution in [2.75, 3.05) is 18.1 Å². The predicted molar refractivity (Wildman–Crippen MR) is 105 cm³/mol. The molecule has 0 saturated heterocycles. The largest absolute Gasteiger partial charge is 0.368 e. The summed E-state index contributed by atoms with van der Waals surface area (Å²) in [4.78, 5) is 21.8. The van der Waals surface area contributed by atoms with Crippen LogP contribution in [0.1, 0.15) is 55.1 Å². The lowest BCUT2D eigenvalue weighted by molar-refractivity contribution is 0.206. The zero-order chi connectivity index (χ0) is 19.5. The highest BCUT2D eigenvalue weighted by Gasteiger charge is 2.25. The van der Waals surface area contributed by atoms with Gasteiger partial charge in [0.15, 0.2) is 11.5 Å². The van der Waals surface area contributed by atoms with Crippen molar-refractivity contribution in [1.82, 2.24) is 19.9 Å². The molecule has 7 nitrogen and oxygen atoms in total. The van der Waals surface area contributed by atoms with Crippen LogP contribution in [0, 0.1) is 6.92 Å². The SMILES string of the molecule is C/C=C(\C=NC)c1nc(C)c(C(C)Nc2nc(N)nc(C(C)(C)F)n2)s1. The van der Waals surface area contributed by atoms with E-state index in [0.717, 1.165) is 21.2 Å². The summed E-state index contributed by atoms with van der Waals surface area (Å²) in [5, 5.41) is 4.05. The smallest absolute Gasteiger partial charge is 0.228 e. The summed E-state index contributed by atoms with van der Waals surface area (Å²) in [6.45, 7) is 8.61. The number of aromatic nitrogens is 4. The van der Waals surface area contributed by atoms with E-state index in [9.17, 15) is 4.39 Å². The first kappa shape index (κ1) is 19.9. The Morgan fingerprint density at radius 1 is 1.31 bits per heavy atom. The summed E-state index contributed by atoms with van der Waals surface area (Å²) in [6, 6.07) is -0.129. The lowest BCUT2D eigenvalue weighted by atomic mass is 10.1. The van der Waals surface area contributed by atoms with Gasteiger partial charge in [0.05, 0.1) is 16.6 Å². The molecule has 26 heavy (non-hydrogen) atoms. The number of hydrogen-bond acceptors (Lipinski definition) is 8. The monoisotopic (exact) mass is 377 g/mol. The van der Waals surface area contributed by atoms with Gasteiger partial charge in [-0.25, -0.2) is 9.37 Å². The molecule has 0 radical (unpaired) electrons. The fraction of sp³-hybridized carbons (Fsp3) is 0.471. The van der Waals surface area contributed by atoms with Crippen molar-refractivity contribution in [1.29, 1.82) is 0 Å². The van der Waals surface area contributed by atoms with Crippen molar-refractivity contribution in [3.05, 3.63) is 27.5 Å².